The summed E-state index contributed by atoms with van der Waals surface area (Å²) in [5.74, 6) is 0.687. The van der Waals surface area contributed by atoms with Crippen molar-refractivity contribution in [1.29, 1.82) is 0 Å². The van der Waals surface area contributed by atoms with Crippen molar-refractivity contribution in [3.63, 3.8) is 0 Å². The highest BCUT2D eigenvalue weighted by atomic mass is 16.2. The summed E-state index contributed by atoms with van der Waals surface area (Å²) < 4.78 is 0. The van der Waals surface area contributed by atoms with Gasteiger partial charge in [-0.25, -0.2) is 10.0 Å². The Morgan fingerprint density at radius 2 is 1.81 bits per heavy atom. The second kappa shape index (κ2) is 6.91. The van der Waals surface area contributed by atoms with E-state index in [0.29, 0.717) is 12.3 Å². The van der Waals surface area contributed by atoms with Crippen molar-refractivity contribution in [2.24, 2.45) is 11.3 Å². The molecule has 0 unspecified atom stereocenters. The monoisotopic (exact) mass is 294 g/mol. The molecule has 0 bridgehead atoms. The summed E-state index contributed by atoms with van der Waals surface area (Å²) in [6.07, 6.45) is 7.53. The average molecular weight is 294 g/mol. The second-order valence-corrected chi connectivity index (χ2v) is 6.98. The summed E-state index contributed by atoms with van der Waals surface area (Å²) in [4.78, 5) is 25.4. The third kappa shape index (κ3) is 3.31. The maximum absolute atomic E-state index is 12.9. The van der Waals surface area contributed by atoms with Crippen molar-refractivity contribution in [2.45, 2.75) is 72.1 Å². The zero-order valence-electron chi connectivity index (χ0n) is 13.9. The first-order chi connectivity index (χ1) is 10.0. The number of hydrogen-bond donors (Lipinski definition) is 0. The summed E-state index contributed by atoms with van der Waals surface area (Å²) >= 11 is 0. The van der Waals surface area contributed by atoms with Crippen LogP contribution in [0.5, 0.6) is 0 Å². The quantitative estimate of drug-likeness (QED) is 0.676. The zero-order chi connectivity index (χ0) is 15.5. The van der Waals surface area contributed by atoms with Gasteiger partial charge in [0.15, 0.2) is 0 Å². The Hall–Kier alpha value is -0.900. The largest absolute Gasteiger partial charge is 0.273 e. The van der Waals surface area contributed by atoms with Crippen molar-refractivity contribution < 1.29 is 9.59 Å². The number of unbranched alkanes of at least 4 members (excludes halogenated alkanes) is 2. The minimum Gasteiger partial charge on any atom is -0.273 e. The minimum atomic E-state index is -0.368. The molecular weight excluding hydrogens is 264 g/mol. The van der Waals surface area contributed by atoms with Gasteiger partial charge in [-0.05, 0) is 38.0 Å². The highest BCUT2D eigenvalue weighted by Crippen LogP contribution is 2.49. The molecule has 1 saturated carbocycles. The first-order valence-electron chi connectivity index (χ1n) is 8.66. The third-order valence-corrected chi connectivity index (χ3v) is 5.05. The van der Waals surface area contributed by atoms with E-state index in [-0.39, 0.29) is 17.2 Å². The number of amides is 2. The number of hydrogen-bond acceptors (Lipinski definition) is 3. The molecule has 120 valence electrons. The lowest BCUT2D eigenvalue weighted by molar-refractivity contribution is -0.160. The molecule has 2 atom stereocenters. The third-order valence-electron chi connectivity index (χ3n) is 5.05. The van der Waals surface area contributed by atoms with Crippen LogP contribution in [0.15, 0.2) is 0 Å². The van der Waals surface area contributed by atoms with Gasteiger partial charge in [0.25, 0.3) is 5.91 Å². The topological polar surface area (TPSA) is 40.6 Å². The molecule has 2 amide bonds. The van der Waals surface area contributed by atoms with Crippen LogP contribution in [0.3, 0.4) is 0 Å². The number of imide groups is 1. The van der Waals surface area contributed by atoms with Crippen molar-refractivity contribution in [3.8, 4) is 0 Å². The lowest BCUT2D eigenvalue weighted by Gasteiger charge is -2.31. The Morgan fingerprint density at radius 3 is 2.29 bits per heavy atom. The van der Waals surface area contributed by atoms with Gasteiger partial charge in [-0.1, -0.05) is 33.6 Å². The van der Waals surface area contributed by atoms with Crippen LogP contribution in [0.4, 0.5) is 0 Å². The molecule has 1 heterocycles. The molecular formula is C17H30N2O2. The molecule has 0 aromatic rings. The lowest BCUT2D eigenvalue weighted by Crippen LogP contribution is -2.48. The first kappa shape index (κ1) is 16.5. The van der Waals surface area contributed by atoms with Crippen molar-refractivity contribution in [1.82, 2.24) is 10.0 Å². The highest BCUT2D eigenvalue weighted by molar-refractivity contribution is 6.05. The summed E-state index contributed by atoms with van der Waals surface area (Å²) in [5, 5.41) is 3.54. The van der Waals surface area contributed by atoms with Gasteiger partial charge < -0.3 is 0 Å². The van der Waals surface area contributed by atoms with Crippen LogP contribution in [0.1, 0.15) is 72.1 Å². The Bertz CT molecular complexity index is 388. The SMILES string of the molecule is CCCCN(CCCC)N1C(=O)C[C@]2(CC[C@H](C)C2)C1=O. The van der Waals surface area contributed by atoms with Gasteiger partial charge >= 0.3 is 0 Å². The van der Waals surface area contributed by atoms with Gasteiger partial charge in [-0.3, -0.25) is 9.59 Å². The maximum Gasteiger partial charge on any atom is 0.250 e. The molecule has 0 N–H and O–H groups in total. The zero-order valence-corrected chi connectivity index (χ0v) is 13.9. The van der Waals surface area contributed by atoms with Crippen molar-refractivity contribution >= 4 is 11.8 Å². The molecule has 4 nitrogen and oxygen atoms in total. The minimum absolute atomic E-state index is 0.0290. The van der Waals surface area contributed by atoms with Crippen LogP contribution in [-0.4, -0.2) is 34.9 Å². The van der Waals surface area contributed by atoms with Crippen LogP contribution in [0.2, 0.25) is 0 Å². The van der Waals surface area contributed by atoms with E-state index in [1.54, 1.807) is 0 Å². The maximum atomic E-state index is 12.9. The van der Waals surface area contributed by atoms with E-state index in [9.17, 15) is 9.59 Å². The number of rotatable bonds is 7. The van der Waals surface area contributed by atoms with E-state index < -0.39 is 0 Å². The number of carbonyl (C=O) groups is 2. The van der Waals surface area contributed by atoms with Gasteiger partial charge in [0.05, 0.1) is 5.41 Å². The van der Waals surface area contributed by atoms with Crippen LogP contribution >= 0.6 is 0 Å². The van der Waals surface area contributed by atoms with E-state index in [1.165, 1.54) is 5.01 Å². The highest BCUT2D eigenvalue weighted by Gasteiger charge is 2.55. The number of nitrogens with zero attached hydrogens (tertiary/aromatic N) is 2. The molecule has 2 rings (SSSR count). The molecule has 1 spiro atoms. The molecule has 0 radical (unpaired) electrons. The normalized spacial score (nSPS) is 29.3. The molecule has 0 aromatic carbocycles. The predicted molar refractivity (Wildman–Crippen MR) is 83.3 cm³/mol. The lowest BCUT2D eigenvalue weighted by atomic mass is 9.84. The molecule has 4 heteroatoms. The Kier molecular flexibility index (Phi) is 5.42. The first-order valence-corrected chi connectivity index (χ1v) is 8.66. The van der Waals surface area contributed by atoms with E-state index in [4.69, 9.17) is 0 Å². The average Bonchev–Trinajstić information content (AvgIpc) is 2.93. The van der Waals surface area contributed by atoms with Gasteiger partial charge in [-0.2, -0.15) is 0 Å². The number of carbonyl (C=O) groups excluding carboxylic acids is 2. The summed E-state index contributed by atoms with van der Waals surface area (Å²) in [6, 6.07) is 0. The van der Waals surface area contributed by atoms with Crippen molar-refractivity contribution in [3.05, 3.63) is 0 Å². The predicted octanol–water partition coefficient (Wildman–Crippen LogP) is 3.37. The fourth-order valence-electron chi connectivity index (χ4n) is 3.81. The van der Waals surface area contributed by atoms with Crippen LogP contribution in [0, 0.1) is 11.3 Å². The van der Waals surface area contributed by atoms with Gasteiger partial charge in [0.1, 0.15) is 0 Å². The van der Waals surface area contributed by atoms with Gasteiger partial charge in [0.2, 0.25) is 5.91 Å². The summed E-state index contributed by atoms with van der Waals surface area (Å²) in [6.45, 7) is 8.12. The Balaban J connectivity index is 2.12. The molecule has 1 aliphatic carbocycles. The standard InChI is InChI=1S/C17H30N2O2/c1-4-6-10-18(11-7-5-2)19-15(20)13-17(16(19)21)9-8-14(3)12-17/h14H,4-13H2,1-3H3/t14-,17+/m0/s1. The molecule has 1 aliphatic heterocycles. The fourth-order valence-corrected chi connectivity index (χ4v) is 3.81. The van der Waals surface area contributed by atoms with Crippen molar-refractivity contribution in [2.75, 3.05) is 13.1 Å². The summed E-state index contributed by atoms with van der Waals surface area (Å²) in [5.41, 5.74) is -0.368. The van der Waals surface area contributed by atoms with Gasteiger partial charge in [-0.15, -0.1) is 0 Å². The fraction of sp³-hybridized carbons (Fsp3) is 0.882. The van der Waals surface area contributed by atoms with E-state index in [2.05, 4.69) is 20.8 Å². The second-order valence-electron chi connectivity index (χ2n) is 6.98. The molecule has 2 fully saturated rings. The van der Waals surface area contributed by atoms with Gasteiger partial charge in [0, 0.05) is 19.5 Å². The molecule has 1 saturated heterocycles. The smallest absolute Gasteiger partial charge is 0.250 e. The molecule has 21 heavy (non-hydrogen) atoms. The summed E-state index contributed by atoms with van der Waals surface area (Å²) in [7, 11) is 0. The van der Waals surface area contributed by atoms with E-state index in [1.807, 2.05) is 5.01 Å². The molecule has 0 aromatic heterocycles. The Morgan fingerprint density at radius 1 is 1.19 bits per heavy atom. The van der Waals surface area contributed by atoms with Crippen LogP contribution in [-0.2, 0) is 9.59 Å². The number of hydrazine groups is 1. The van der Waals surface area contributed by atoms with E-state index >= 15 is 0 Å². The van der Waals surface area contributed by atoms with Crippen LogP contribution in [0.25, 0.3) is 0 Å². The molecule has 2 aliphatic rings. The Labute approximate surface area is 128 Å². The van der Waals surface area contributed by atoms with E-state index in [0.717, 1.165) is 58.0 Å². The van der Waals surface area contributed by atoms with Crippen LogP contribution < -0.4 is 0 Å².